The normalized spacial score (nSPS) is 32.6. The lowest BCUT2D eigenvalue weighted by Gasteiger charge is -2.24. The molecule has 0 bridgehead atoms. The molecule has 1 rings (SSSR count). The first kappa shape index (κ1) is 7.76. The fraction of sp³-hybridized carbons (Fsp3) is 0.750. The Hall–Kier alpha value is -0.340. The number of nitrogens with two attached hydrogens (primary N) is 2. The van der Waals surface area contributed by atoms with Gasteiger partial charge in [0.25, 0.3) is 0 Å². The van der Waals surface area contributed by atoms with E-state index >= 15 is 0 Å². The van der Waals surface area contributed by atoms with Gasteiger partial charge in [0, 0.05) is 6.04 Å². The monoisotopic (exact) mass is 140 g/mol. The van der Waals surface area contributed by atoms with Gasteiger partial charge in [-0.1, -0.05) is 12.2 Å². The van der Waals surface area contributed by atoms with E-state index < -0.39 is 0 Å². The zero-order valence-corrected chi connectivity index (χ0v) is 6.29. The summed E-state index contributed by atoms with van der Waals surface area (Å²) < 4.78 is 0. The molecule has 0 aromatic heterocycles. The summed E-state index contributed by atoms with van der Waals surface area (Å²) in [4.78, 5) is 0. The van der Waals surface area contributed by atoms with Crippen molar-refractivity contribution in [2.24, 2.45) is 17.4 Å². The van der Waals surface area contributed by atoms with Crippen molar-refractivity contribution in [3.8, 4) is 0 Å². The van der Waals surface area contributed by atoms with Crippen molar-refractivity contribution in [1.29, 1.82) is 0 Å². The lowest BCUT2D eigenvalue weighted by atomic mass is 9.87. The van der Waals surface area contributed by atoms with E-state index in [-0.39, 0.29) is 0 Å². The molecule has 0 aromatic rings. The van der Waals surface area contributed by atoms with Gasteiger partial charge >= 0.3 is 0 Å². The smallest absolute Gasteiger partial charge is 0.0105 e. The van der Waals surface area contributed by atoms with Crippen LogP contribution in [0, 0.1) is 5.92 Å². The molecule has 58 valence electrons. The minimum atomic E-state index is 0.355. The number of hydrogen-bond acceptors (Lipinski definition) is 2. The molecule has 0 fully saturated rings. The first-order valence-electron chi connectivity index (χ1n) is 3.95. The summed E-state index contributed by atoms with van der Waals surface area (Å²) in [6.07, 6.45) is 7.61. The first-order valence-corrected chi connectivity index (χ1v) is 3.95. The fourth-order valence-corrected chi connectivity index (χ4v) is 1.44. The van der Waals surface area contributed by atoms with Crippen LogP contribution in [0.15, 0.2) is 12.2 Å². The van der Waals surface area contributed by atoms with Crippen molar-refractivity contribution >= 4 is 0 Å². The fourth-order valence-electron chi connectivity index (χ4n) is 1.44. The summed E-state index contributed by atoms with van der Waals surface area (Å²) >= 11 is 0. The molecule has 0 amide bonds. The van der Waals surface area contributed by atoms with Crippen LogP contribution in [0.25, 0.3) is 0 Å². The van der Waals surface area contributed by atoms with Crippen molar-refractivity contribution < 1.29 is 0 Å². The van der Waals surface area contributed by atoms with Gasteiger partial charge in [0.1, 0.15) is 0 Å². The molecule has 2 nitrogen and oxygen atoms in total. The van der Waals surface area contributed by atoms with Crippen molar-refractivity contribution in [3.05, 3.63) is 12.2 Å². The van der Waals surface area contributed by atoms with Crippen LogP contribution in [-0.2, 0) is 0 Å². The second-order valence-electron chi connectivity index (χ2n) is 2.94. The molecule has 1 aliphatic carbocycles. The summed E-state index contributed by atoms with van der Waals surface area (Å²) in [5.41, 5.74) is 11.3. The zero-order chi connectivity index (χ0) is 7.40. The molecule has 10 heavy (non-hydrogen) atoms. The summed E-state index contributed by atoms with van der Waals surface area (Å²) in [7, 11) is 0. The van der Waals surface area contributed by atoms with Gasteiger partial charge in [0.15, 0.2) is 0 Å². The van der Waals surface area contributed by atoms with Crippen LogP contribution in [0.3, 0.4) is 0 Å². The SMILES string of the molecule is NCCC1CC=CC[C@@H]1N. The van der Waals surface area contributed by atoms with Crippen LogP contribution in [0.1, 0.15) is 19.3 Å². The van der Waals surface area contributed by atoms with Crippen LogP contribution in [0.5, 0.6) is 0 Å². The maximum absolute atomic E-state index is 5.86. The Labute approximate surface area is 62.3 Å². The maximum atomic E-state index is 5.86. The van der Waals surface area contributed by atoms with E-state index in [2.05, 4.69) is 12.2 Å². The van der Waals surface area contributed by atoms with Crippen molar-refractivity contribution in [2.45, 2.75) is 25.3 Å². The van der Waals surface area contributed by atoms with Gasteiger partial charge in [-0.15, -0.1) is 0 Å². The zero-order valence-electron chi connectivity index (χ0n) is 6.29. The van der Waals surface area contributed by atoms with Gasteiger partial charge in [0.05, 0.1) is 0 Å². The third kappa shape index (κ3) is 1.82. The minimum absolute atomic E-state index is 0.355. The van der Waals surface area contributed by atoms with E-state index in [1.165, 1.54) is 0 Å². The number of hydrogen-bond donors (Lipinski definition) is 2. The van der Waals surface area contributed by atoms with Crippen molar-refractivity contribution in [2.75, 3.05) is 6.54 Å². The molecule has 0 aliphatic heterocycles. The highest BCUT2D eigenvalue weighted by Gasteiger charge is 2.16. The molecule has 2 atom stereocenters. The van der Waals surface area contributed by atoms with Crippen molar-refractivity contribution in [3.63, 3.8) is 0 Å². The van der Waals surface area contributed by atoms with Gasteiger partial charge < -0.3 is 11.5 Å². The minimum Gasteiger partial charge on any atom is -0.330 e. The Morgan fingerprint density at radius 1 is 1.30 bits per heavy atom. The molecule has 0 heterocycles. The molecule has 4 N–H and O–H groups in total. The Balaban J connectivity index is 2.35. The summed E-state index contributed by atoms with van der Waals surface area (Å²) in [6.45, 7) is 0.770. The molecule has 2 heteroatoms. The second-order valence-corrected chi connectivity index (χ2v) is 2.94. The van der Waals surface area contributed by atoms with Crippen molar-refractivity contribution in [1.82, 2.24) is 0 Å². The quantitative estimate of drug-likeness (QED) is 0.553. The summed E-state index contributed by atoms with van der Waals surface area (Å²) in [6, 6.07) is 0.355. The van der Waals surface area contributed by atoms with Crippen LogP contribution in [0.2, 0.25) is 0 Å². The van der Waals surface area contributed by atoms with E-state index in [0.717, 1.165) is 25.8 Å². The molecule has 0 aromatic carbocycles. The molecule has 1 unspecified atom stereocenters. The Morgan fingerprint density at radius 2 is 2.00 bits per heavy atom. The van der Waals surface area contributed by atoms with Gasteiger partial charge in [0.2, 0.25) is 0 Å². The third-order valence-corrected chi connectivity index (χ3v) is 2.16. The average Bonchev–Trinajstić information content (AvgIpc) is 1.94. The summed E-state index contributed by atoms with van der Waals surface area (Å²) in [5, 5.41) is 0. The molecule has 1 aliphatic rings. The highest BCUT2D eigenvalue weighted by atomic mass is 14.7. The Kier molecular flexibility index (Phi) is 2.90. The molecule has 0 radical (unpaired) electrons. The second kappa shape index (κ2) is 3.74. The molecule has 0 saturated heterocycles. The van der Waals surface area contributed by atoms with Gasteiger partial charge in [-0.25, -0.2) is 0 Å². The predicted molar refractivity (Wildman–Crippen MR) is 43.5 cm³/mol. The molecular weight excluding hydrogens is 124 g/mol. The molecule has 0 saturated carbocycles. The van der Waals surface area contributed by atoms with Crippen LogP contribution < -0.4 is 11.5 Å². The number of allylic oxidation sites excluding steroid dienone is 1. The Morgan fingerprint density at radius 3 is 2.60 bits per heavy atom. The highest BCUT2D eigenvalue weighted by molar-refractivity contribution is 4.96. The van der Waals surface area contributed by atoms with E-state index in [1.807, 2.05) is 0 Å². The number of rotatable bonds is 2. The maximum Gasteiger partial charge on any atom is 0.0105 e. The predicted octanol–water partition coefficient (Wildman–Crippen LogP) is 0.629. The third-order valence-electron chi connectivity index (χ3n) is 2.16. The molecular formula is C8H16N2. The lowest BCUT2D eigenvalue weighted by molar-refractivity contribution is 0.390. The first-order chi connectivity index (χ1) is 4.84. The van der Waals surface area contributed by atoms with Crippen LogP contribution in [-0.4, -0.2) is 12.6 Å². The Bertz CT molecular complexity index is 120. The van der Waals surface area contributed by atoms with Gasteiger partial charge in [-0.05, 0) is 31.7 Å². The topological polar surface area (TPSA) is 52.0 Å². The van der Waals surface area contributed by atoms with Gasteiger partial charge in [-0.3, -0.25) is 0 Å². The largest absolute Gasteiger partial charge is 0.330 e. The van der Waals surface area contributed by atoms with Gasteiger partial charge in [-0.2, -0.15) is 0 Å². The van der Waals surface area contributed by atoms with E-state index in [4.69, 9.17) is 11.5 Å². The van der Waals surface area contributed by atoms with E-state index in [0.29, 0.717) is 12.0 Å². The standard InChI is InChI=1S/C8H16N2/c9-6-5-7-3-1-2-4-8(7)10/h1-2,7-8H,3-6,9-10H2/t7?,8-/m0/s1. The highest BCUT2D eigenvalue weighted by Crippen LogP contribution is 2.19. The van der Waals surface area contributed by atoms with E-state index in [1.54, 1.807) is 0 Å². The van der Waals surface area contributed by atoms with Crippen LogP contribution >= 0.6 is 0 Å². The average molecular weight is 140 g/mol. The lowest BCUT2D eigenvalue weighted by Crippen LogP contribution is -2.32. The van der Waals surface area contributed by atoms with E-state index in [9.17, 15) is 0 Å². The summed E-state index contributed by atoms with van der Waals surface area (Å²) in [5.74, 6) is 0.634. The molecule has 0 spiro atoms. The van der Waals surface area contributed by atoms with Crippen LogP contribution in [0.4, 0.5) is 0 Å².